The fraction of sp³-hybridized carbons (Fsp3) is 0.824. The van der Waals surface area contributed by atoms with Crippen molar-refractivity contribution in [1.29, 1.82) is 0 Å². The Balaban J connectivity index is 2.11. The second kappa shape index (κ2) is 7.36. The Morgan fingerprint density at radius 2 is 1.77 bits per heavy atom. The second-order valence-corrected chi connectivity index (χ2v) is 7.99. The van der Waals surface area contributed by atoms with E-state index < -0.39 is 48.6 Å². The zero-order chi connectivity index (χ0) is 19.7. The van der Waals surface area contributed by atoms with E-state index in [1.165, 1.54) is 4.90 Å². The minimum atomic E-state index is -3.33. The topological polar surface area (TPSA) is 92.9 Å². The fourth-order valence-corrected chi connectivity index (χ4v) is 3.41. The van der Waals surface area contributed by atoms with Crippen LogP contribution in [0.25, 0.3) is 0 Å². The van der Waals surface area contributed by atoms with Crippen LogP contribution in [0.4, 0.5) is 13.6 Å². The Morgan fingerprint density at radius 3 is 2.23 bits per heavy atom. The van der Waals surface area contributed by atoms with Crippen molar-refractivity contribution in [1.82, 2.24) is 9.80 Å². The minimum Gasteiger partial charge on any atom is -0.444 e. The first kappa shape index (κ1) is 20.4. The van der Waals surface area contributed by atoms with Crippen LogP contribution < -0.4 is 5.73 Å². The van der Waals surface area contributed by atoms with Gasteiger partial charge in [0, 0.05) is 6.04 Å². The summed E-state index contributed by atoms with van der Waals surface area (Å²) in [6.07, 6.45) is 3.69. The Kier molecular flexibility index (Phi) is 5.77. The van der Waals surface area contributed by atoms with E-state index in [1.54, 1.807) is 20.8 Å². The van der Waals surface area contributed by atoms with Crippen LogP contribution in [0.15, 0.2) is 0 Å². The maximum Gasteiger partial charge on any atom is 0.411 e. The molecule has 7 nitrogen and oxygen atoms in total. The predicted molar refractivity (Wildman–Crippen MR) is 89.5 cm³/mol. The standard InChI is InChI=1S/C17H27F2N3O4/c1-16(2,3)26-15(25)21(11-7-5-4-6-8-11)9-12(23)22-10-17(18,19)13(22)14(20)24/h11,13H,4-10H2,1-3H3,(H2,20,24). The van der Waals surface area contributed by atoms with Crippen molar-refractivity contribution in [3.05, 3.63) is 0 Å². The van der Waals surface area contributed by atoms with Crippen LogP contribution in [0.3, 0.4) is 0 Å². The summed E-state index contributed by atoms with van der Waals surface area (Å²) in [5.74, 6) is -5.31. The normalized spacial score (nSPS) is 23.1. The van der Waals surface area contributed by atoms with Crippen LogP contribution in [0.1, 0.15) is 52.9 Å². The van der Waals surface area contributed by atoms with Gasteiger partial charge in [0.2, 0.25) is 11.8 Å². The number of nitrogens with two attached hydrogens (primary N) is 1. The number of alkyl halides is 2. The fourth-order valence-electron chi connectivity index (χ4n) is 3.41. The molecule has 1 aliphatic heterocycles. The highest BCUT2D eigenvalue weighted by Gasteiger charge is 2.60. The molecule has 9 heteroatoms. The number of nitrogens with zero attached hydrogens (tertiary/aromatic N) is 2. The predicted octanol–water partition coefficient (Wildman–Crippen LogP) is 1.89. The lowest BCUT2D eigenvalue weighted by Gasteiger charge is -2.46. The Morgan fingerprint density at radius 1 is 1.19 bits per heavy atom. The van der Waals surface area contributed by atoms with Gasteiger partial charge >= 0.3 is 6.09 Å². The van der Waals surface area contributed by atoms with Crippen molar-refractivity contribution in [2.75, 3.05) is 13.1 Å². The molecule has 1 saturated heterocycles. The smallest absolute Gasteiger partial charge is 0.411 e. The minimum absolute atomic E-state index is 0.184. The summed E-state index contributed by atoms with van der Waals surface area (Å²) in [5, 5.41) is 0. The monoisotopic (exact) mass is 375 g/mol. The molecule has 1 saturated carbocycles. The van der Waals surface area contributed by atoms with E-state index in [1.807, 2.05) is 0 Å². The molecule has 0 bridgehead atoms. The van der Waals surface area contributed by atoms with Gasteiger partial charge in [0.15, 0.2) is 6.04 Å². The maximum absolute atomic E-state index is 13.5. The number of primary amides is 1. The van der Waals surface area contributed by atoms with Crippen molar-refractivity contribution in [3.63, 3.8) is 0 Å². The molecule has 0 aromatic heterocycles. The largest absolute Gasteiger partial charge is 0.444 e. The quantitative estimate of drug-likeness (QED) is 0.812. The molecule has 2 rings (SSSR count). The summed E-state index contributed by atoms with van der Waals surface area (Å²) < 4.78 is 32.5. The second-order valence-electron chi connectivity index (χ2n) is 7.99. The summed E-state index contributed by atoms with van der Waals surface area (Å²) in [4.78, 5) is 38.4. The molecule has 3 amide bonds. The average molecular weight is 375 g/mol. The lowest BCUT2D eigenvalue weighted by atomic mass is 9.94. The molecule has 2 N–H and O–H groups in total. The summed E-state index contributed by atoms with van der Waals surface area (Å²) in [5.41, 5.74) is 4.26. The third-order valence-electron chi connectivity index (χ3n) is 4.63. The van der Waals surface area contributed by atoms with Gasteiger partial charge in [-0.2, -0.15) is 0 Å². The average Bonchev–Trinajstić information content (AvgIpc) is 2.48. The molecule has 148 valence electrons. The molecule has 0 radical (unpaired) electrons. The number of halogens is 2. The molecular formula is C17H27F2N3O4. The lowest BCUT2D eigenvalue weighted by molar-refractivity contribution is -0.196. The Labute approximate surface area is 151 Å². The summed E-state index contributed by atoms with van der Waals surface area (Å²) >= 11 is 0. The first-order valence-electron chi connectivity index (χ1n) is 8.88. The van der Waals surface area contributed by atoms with E-state index in [0.29, 0.717) is 0 Å². The van der Waals surface area contributed by atoms with Crippen LogP contribution in [-0.2, 0) is 14.3 Å². The molecule has 0 aromatic carbocycles. The number of carbonyl (C=O) groups excluding carboxylic acids is 3. The van der Waals surface area contributed by atoms with E-state index in [2.05, 4.69) is 0 Å². The first-order valence-corrected chi connectivity index (χ1v) is 8.88. The molecule has 2 aliphatic rings. The molecule has 26 heavy (non-hydrogen) atoms. The van der Waals surface area contributed by atoms with E-state index >= 15 is 0 Å². The molecule has 0 aromatic rings. The molecule has 0 spiro atoms. The van der Waals surface area contributed by atoms with Crippen molar-refractivity contribution in [2.45, 2.75) is 76.5 Å². The van der Waals surface area contributed by atoms with Crippen molar-refractivity contribution in [2.24, 2.45) is 5.73 Å². The number of carbonyl (C=O) groups is 3. The number of hydrogen-bond acceptors (Lipinski definition) is 4. The van der Waals surface area contributed by atoms with E-state index in [9.17, 15) is 23.2 Å². The number of rotatable bonds is 4. The summed E-state index contributed by atoms with van der Waals surface area (Å²) in [7, 11) is 0. The molecule has 1 atom stereocenters. The molecule has 1 aliphatic carbocycles. The highest BCUT2D eigenvalue weighted by Crippen LogP contribution is 2.35. The molecule has 1 unspecified atom stereocenters. The van der Waals surface area contributed by atoms with Crippen LogP contribution in [-0.4, -0.2) is 64.4 Å². The van der Waals surface area contributed by atoms with Gasteiger partial charge in [0.1, 0.15) is 12.1 Å². The molecule has 2 fully saturated rings. The van der Waals surface area contributed by atoms with Crippen molar-refractivity contribution >= 4 is 17.9 Å². The first-order chi connectivity index (χ1) is 11.9. The van der Waals surface area contributed by atoms with Gasteiger partial charge in [-0.05, 0) is 33.6 Å². The van der Waals surface area contributed by atoms with Gasteiger partial charge in [-0.1, -0.05) is 19.3 Å². The third-order valence-corrected chi connectivity index (χ3v) is 4.63. The summed E-state index contributed by atoms with van der Waals surface area (Å²) in [6.45, 7) is 3.87. The van der Waals surface area contributed by atoms with Crippen LogP contribution in [0.2, 0.25) is 0 Å². The van der Waals surface area contributed by atoms with Gasteiger partial charge in [-0.3, -0.25) is 14.5 Å². The van der Waals surface area contributed by atoms with E-state index in [0.717, 1.165) is 37.0 Å². The van der Waals surface area contributed by atoms with Crippen molar-refractivity contribution in [3.8, 4) is 0 Å². The van der Waals surface area contributed by atoms with E-state index in [4.69, 9.17) is 10.5 Å². The summed E-state index contributed by atoms with van der Waals surface area (Å²) in [6, 6.07) is -2.14. The van der Waals surface area contributed by atoms with Crippen molar-refractivity contribution < 1.29 is 27.9 Å². The van der Waals surface area contributed by atoms with Gasteiger partial charge in [-0.15, -0.1) is 0 Å². The van der Waals surface area contributed by atoms with Gasteiger partial charge in [0.05, 0.1) is 6.54 Å². The van der Waals surface area contributed by atoms with Gasteiger partial charge < -0.3 is 15.4 Å². The number of ether oxygens (including phenoxy) is 1. The van der Waals surface area contributed by atoms with Gasteiger partial charge in [-0.25, -0.2) is 13.6 Å². The molecular weight excluding hydrogens is 348 g/mol. The van der Waals surface area contributed by atoms with Crippen LogP contribution in [0, 0.1) is 0 Å². The third kappa shape index (κ3) is 4.62. The Bertz CT molecular complexity index is 571. The van der Waals surface area contributed by atoms with Crippen LogP contribution in [0.5, 0.6) is 0 Å². The van der Waals surface area contributed by atoms with Crippen LogP contribution >= 0.6 is 0 Å². The van der Waals surface area contributed by atoms with Gasteiger partial charge in [0.25, 0.3) is 5.92 Å². The van der Waals surface area contributed by atoms with E-state index in [-0.39, 0.29) is 6.04 Å². The number of hydrogen-bond donors (Lipinski definition) is 1. The highest BCUT2D eigenvalue weighted by molar-refractivity contribution is 5.91. The highest BCUT2D eigenvalue weighted by atomic mass is 19.3. The number of likely N-dealkylation sites (tertiary alicyclic amines) is 1. The molecule has 1 heterocycles. The zero-order valence-corrected chi connectivity index (χ0v) is 15.5. The Hall–Kier alpha value is -1.93. The SMILES string of the molecule is CC(C)(C)OC(=O)N(CC(=O)N1CC(F)(F)C1C(N)=O)C1CCCCC1. The zero-order valence-electron chi connectivity index (χ0n) is 15.5. The number of amides is 3. The lowest BCUT2D eigenvalue weighted by Crippen LogP contribution is -2.72. The maximum atomic E-state index is 13.5.